The van der Waals surface area contributed by atoms with E-state index in [0.29, 0.717) is 5.75 Å². The van der Waals surface area contributed by atoms with Crippen LogP contribution in [0.4, 0.5) is 0 Å². The number of nitrogens with one attached hydrogen (secondary N) is 2. The van der Waals surface area contributed by atoms with E-state index in [-0.39, 0.29) is 18.7 Å². The zero-order valence-corrected chi connectivity index (χ0v) is 17.2. The van der Waals surface area contributed by atoms with Crippen LogP contribution in [-0.4, -0.2) is 28.4 Å². The van der Waals surface area contributed by atoms with Crippen LogP contribution in [0.5, 0.6) is 11.5 Å². The van der Waals surface area contributed by atoms with Crippen LogP contribution >= 0.6 is 11.8 Å². The summed E-state index contributed by atoms with van der Waals surface area (Å²) in [6.45, 7) is 4.21. The van der Waals surface area contributed by atoms with Gasteiger partial charge in [-0.25, -0.2) is 4.98 Å². The molecule has 4 rings (SSSR count). The van der Waals surface area contributed by atoms with Gasteiger partial charge in [0, 0.05) is 12.1 Å². The second-order valence-electron chi connectivity index (χ2n) is 6.97. The molecule has 1 amide bonds. The number of hydrogen-bond acceptors (Lipinski definition) is 5. The molecular formula is C22H23N3O3S. The quantitative estimate of drug-likeness (QED) is 0.577. The molecule has 1 aliphatic rings. The first-order valence-electron chi connectivity index (χ1n) is 9.49. The number of benzene rings is 2. The van der Waals surface area contributed by atoms with Crippen LogP contribution in [0.1, 0.15) is 35.5 Å². The molecule has 3 aromatic rings. The maximum atomic E-state index is 12.4. The summed E-state index contributed by atoms with van der Waals surface area (Å²) in [4.78, 5) is 20.3. The number of carbonyl (C=O) groups excluding carboxylic acids is 1. The molecule has 29 heavy (non-hydrogen) atoms. The van der Waals surface area contributed by atoms with Crippen molar-refractivity contribution in [3.05, 3.63) is 71.0 Å². The SMILES string of the molecule is Cc1[nH]c(SCC(=O)NC(C)c2ccc3c(c2)OCO3)nc1Cc1ccccc1. The molecule has 150 valence electrons. The van der Waals surface area contributed by atoms with Gasteiger partial charge in [0.15, 0.2) is 16.7 Å². The number of carbonyl (C=O) groups is 1. The average molecular weight is 410 g/mol. The van der Waals surface area contributed by atoms with Crippen molar-refractivity contribution in [2.75, 3.05) is 12.5 Å². The molecule has 6 nitrogen and oxygen atoms in total. The number of ether oxygens (including phenoxy) is 2. The van der Waals surface area contributed by atoms with Crippen LogP contribution in [0.3, 0.4) is 0 Å². The Kier molecular flexibility index (Phi) is 5.76. The van der Waals surface area contributed by atoms with Crippen molar-refractivity contribution in [2.24, 2.45) is 0 Å². The van der Waals surface area contributed by atoms with Crippen molar-refractivity contribution in [3.63, 3.8) is 0 Å². The van der Waals surface area contributed by atoms with Gasteiger partial charge in [-0.05, 0) is 37.1 Å². The van der Waals surface area contributed by atoms with Gasteiger partial charge in [-0.15, -0.1) is 0 Å². The molecule has 7 heteroatoms. The number of aromatic nitrogens is 2. The Morgan fingerprint density at radius 3 is 2.83 bits per heavy atom. The summed E-state index contributed by atoms with van der Waals surface area (Å²) >= 11 is 1.41. The monoisotopic (exact) mass is 409 g/mol. The fourth-order valence-corrected chi connectivity index (χ4v) is 3.93. The topological polar surface area (TPSA) is 76.2 Å². The maximum Gasteiger partial charge on any atom is 0.231 e. The first kappa shape index (κ1) is 19.4. The van der Waals surface area contributed by atoms with E-state index < -0.39 is 0 Å². The average Bonchev–Trinajstić information content (AvgIpc) is 3.33. The van der Waals surface area contributed by atoms with Gasteiger partial charge >= 0.3 is 0 Å². The minimum Gasteiger partial charge on any atom is -0.454 e. The third-order valence-corrected chi connectivity index (χ3v) is 5.67. The minimum atomic E-state index is -0.121. The molecule has 0 saturated carbocycles. The van der Waals surface area contributed by atoms with Gasteiger partial charge in [0.05, 0.1) is 17.5 Å². The van der Waals surface area contributed by atoms with Crippen molar-refractivity contribution in [1.82, 2.24) is 15.3 Å². The Labute approximate surface area is 174 Å². The molecule has 0 spiro atoms. The standard InChI is InChI=1S/C22H23N3O3S/c1-14(17-8-9-19-20(11-17)28-13-27-19)23-21(26)12-29-22-24-15(2)18(25-22)10-16-6-4-3-5-7-16/h3-9,11,14H,10,12-13H2,1-2H3,(H,23,26)(H,24,25). The molecule has 1 aliphatic heterocycles. The number of fused-ring (bicyclic) bond motifs is 1. The number of hydrogen-bond donors (Lipinski definition) is 2. The molecule has 0 saturated heterocycles. The van der Waals surface area contributed by atoms with Crippen LogP contribution in [0.25, 0.3) is 0 Å². The maximum absolute atomic E-state index is 12.4. The predicted molar refractivity (Wildman–Crippen MR) is 112 cm³/mol. The number of aryl methyl sites for hydroxylation is 1. The smallest absolute Gasteiger partial charge is 0.231 e. The lowest BCUT2D eigenvalue weighted by molar-refractivity contribution is -0.119. The molecule has 0 fully saturated rings. The van der Waals surface area contributed by atoms with E-state index in [4.69, 9.17) is 9.47 Å². The molecule has 0 aliphatic carbocycles. The number of imidazole rings is 1. The minimum absolute atomic E-state index is 0.0428. The second-order valence-corrected chi connectivity index (χ2v) is 7.93. The summed E-state index contributed by atoms with van der Waals surface area (Å²) in [5, 5.41) is 3.78. The molecule has 2 heterocycles. The third-order valence-electron chi connectivity index (χ3n) is 4.79. The Bertz CT molecular complexity index is 1000. The van der Waals surface area contributed by atoms with E-state index in [2.05, 4.69) is 27.4 Å². The normalized spacial score (nSPS) is 13.3. The number of rotatable bonds is 7. The van der Waals surface area contributed by atoms with Crippen molar-refractivity contribution in [2.45, 2.75) is 31.5 Å². The van der Waals surface area contributed by atoms with Crippen LogP contribution in [0.15, 0.2) is 53.7 Å². The molecule has 1 atom stereocenters. The fraction of sp³-hybridized carbons (Fsp3) is 0.273. The molecular weight excluding hydrogens is 386 g/mol. The van der Waals surface area contributed by atoms with E-state index in [0.717, 1.165) is 40.0 Å². The number of thioether (sulfide) groups is 1. The first-order chi connectivity index (χ1) is 14.1. The highest BCUT2D eigenvalue weighted by molar-refractivity contribution is 7.99. The van der Waals surface area contributed by atoms with E-state index in [9.17, 15) is 4.79 Å². The van der Waals surface area contributed by atoms with Crippen molar-refractivity contribution in [1.29, 1.82) is 0 Å². The van der Waals surface area contributed by atoms with Crippen LogP contribution in [0, 0.1) is 6.92 Å². The summed E-state index contributed by atoms with van der Waals surface area (Å²) in [5.74, 6) is 1.71. The Morgan fingerprint density at radius 1 is 1.21 bits per heavy atom. The van der Waals surface area contributed by atoms with Gasteiger partial charge < -0.3 is 19.8 Å². The Morgan fingerprint density at radius 2 is 2.00 bits per heavy atom. The lowest BCUT2D eigenvalue weighted by Gasteiger charge is -2.14. The number of nitrogens with zero attached hydrogens (tertiary/aromatic N) is 1. The largest absolute Gasteiger partial charge is 0.454 e. The summed E-state index contributed by atoms with van der Waals surface area (Å²) in [6, 6.07) is 15.8. The molecule has 1 aromatic heterocycles. The molecule has 0 bridgehead atoms. The second kappa shape index (κ2) is 8.61. The van der Waals surface area contributed by atoms with Gasteiger partial charge in [0.2, 0.25) is 12.7 Å². The van der Waals surface area contributed by atoms with Gasteiger partial charge in [-0.3, -0.25) is 4.79 Å². The zero-order valence-electron chi connectivity index (χ0n) is 16.4. The highest BCUT2D eigenvalue weighted by Gasteiger charge is 2.17. The Hall–Kier alpha value is -2.93. The first-order valence-corrected chi connectivity index (χ1v) is 10.5. The molecule has 2 aromatic carbocycles. The number of H-pyrrole nitrogens is 1. The van der Waals surface area contributed by atoms with E-state index in [1.807, 2.05) is 50.2 Å². The van der Waals surface area contributed by atoms with E-state index in [1.54, 1.807) is 0 Å². The van der Waals surface area contributed by atoms with Crippen LogP contribution in [-0.2, 0) is 11.2 Å². The number of amides is 1. The molecule has 1 unspecified atom stereocenters. The highest BCUT2D eigenvalue weighted by atomic mass is 32.2. The number of aromatic amines is 1. The van der Waals surface area contributed by atoms with Crippen molar-refractivity contribution >= 4 is 17.7 Å². The summed E-state index contributed by atoms with van der Waals surface area (Å²) < 4.78 is 10.7. The third kappa shape index (κ3) is 4.74. The van der Waals surface area contributed by atoms with Crippen molar-refractivity contribution < 1.29 is 14.3 Å². The van der Waals surface area contributed by atoms with Gasteiger partial charge in [-0.2, -0.15) is 0 Å². The zero-order chi connectivity index (χ0) is 20.2. The summed E-state index contributed by atoms with van der Waals surface area (Å²) in [5.41, 5.74) is 4.24. The van der Waals surface area contributed by atoms with Gasteiger partial charge in [-0.1, -0.05) is 48.2 Å². The lowest BCUT2D eigenvalue weighted by Crippen LogP contribution is -2.28. The fourth-order valence-electron chi connectivity index (χ4n) is 3.18. The van der Waals surface area contributed by atoms with Crippen molar-refractivity contribution in [3.8, 4) is 11.5 Å². The van der Waals surface area contributed by atoms with E-state index >= 15 is 0 Å². The summed E-state index contributed by atoms with van der Waals surface area (Å²) in [6.07, 6.45) is 0.775. The van der Waals surface area contributed by atoms with Gasteiger partial charge in [0.25, 0.3) is 0 Å². The highest BCUT2D eigenvalue weighted by Crippen LogP contribution is 2.34. The lowest BCUT2D eigenvalue weighted by atomic mass is 10.1. The molecule has 0 radical (unpaired) electrons. The molecule has 2 N–H and O–H groups in total. The van der Waals surface area contributed by atoms with Crippen LogP contribution < -0.4 is 14.8 Å². The van der Waals surface area contributed by atoms with Crippen LogP contribution in [0.2, 0.25) is 0 Å². The Balaban J connectivity index is 1.31. The predicted octanol–water partition coefficient (Wildman–Crippen LogP) is 4.01. The van der Waals surface area contributed by atoms with Gasteiger partial charge in [0.1, 0.15) is 0 Å². The summed E-state index contributed by atoms with van der Waals surface area (Å²) in [7, 11) is 0. The van der Waals surface area contributed by atoms with E-state index in [1.165, 1.54) is 17.3 Å².